The van der Waals surface area contributed by atoms with Crippen LogP contribution >= 0.6 is 15.9 Å². The van der Waals surface area contributed by atoms with Gasteiger partial charge in [0.15, 0.2) is 0 Å². The van der Waals surface area contributed by atoms with Crippen LogP contribution in [0.2, 0.25) is 0 Å². The number of carbonyl (C=O) groups is 2. The van der Waals surface area contributed by atoms with Crippen molar-refractivity contribution in [1.29, 1.82) is 0 Å². The van der Waals surface area contributed by atoms with Crippen molar-refractivity contribution >= 4 is 43.5 Å². The number of hydrogen-bond acceptors (Lipinski definition) is 4. The number of anilines is 1. The van der Waals surface area contributed by atoms with Crippen molar-refractivity contribution in [1.82, 2.24) is 4.31 Å². The van der Waals surface area contributed by atoms with E-state index < -0.39 is 21.8 Å². The number of primary amides is 1. The summed E-state index contributed by atoms with van der Waals surface area (Å²) in [7, 11) is -3.58. The van der Waals surface area contributed by atoms with Crippen LogP contribution < -0.4 is 11.1 Å². The van der Waals surface area contributed by atoms with Crippen molar-refractivity contribution in [2.75, 3.05) is 18.1 Å². The number of hydrogen-bond donors (Lipinski definition) is 2. The maximum atomic E-state index is 12.2. The highest BCUT2D eigenvalue weighted by molar-refractivity contribution is 9.10. The van der Waals surface area contributed by atoms with Gasteiger partial charge in [-0.05, 0) is 42.0 Å². The first kappa shape index (κ1) is 20.1. The average Bonchev–Trinajstić information content (AvgIpc) is 2.56. The molecule has 0 radical (unpaired) electrons. The first-order chi connectivity index (χ1) is 12.1. The molecule has 9 heteroatoms. The Labute approximate surface area is 160 Å². The Balaban J connectivity index is 2.06. The second-order valence-electron chi connectivity index (χ2n) is 5.65. The summed E-state index contributed by atoms with van der Waals surface area (Å²) in [5.74, 6) is -1.06. The standard InChI is InChI=1S/C17H18BrN3O4S/c1-26(24,25)21(10-12-2-6-14(18)7-3-12)11-16(22)20-15-8-4-13(5-9-15)17(19)23/h2-9H,10-11H2,1H3,(H2,19,23)(H,20,22). The smallest absolute Gasteiger partial charge is 0.248 e. The molecule has 0 saturated carbocycles. The van der Waals surface area contributed by atoms with Gasteiger partial charge in [-0.1, -0.05) is 28.1 Å². The van der Waals surface area contributed by atoms with Crippen molar-refractivity contribution in [2.24, 2.45) is 5.73 Å². The largest absolute Gasteiger partial charge is 0.366 e. The van der Waals surface area contributed by atoms with Gasteiger partial charge in [0, 0.05) is 22.3 Å². The molecule has 0 fully saturated rings. The Kier molecular flexibility index (Phi) is 6.52. The number of benzene rings is 2. The summed E-state index contributed by atoms with van der Waals surface area (Å²) in [5, 5.41) is 2.60. The van der Waals surface area contributed by atoms with E-state index in [0.29, 0.717) is 11.3 Å². The molecule has 7 nitrogen and oxygen atoms in total. The van der Waals surface area contributed by atoms with Crippen molar-refractivity contribution in [3.8, 4) is 0 Å². The van der Waals surface area contributed by atoms with Gasteiger partial charge in [0.1, 0.15) is 0 Å². The summed E-state index contributed by atoms with van der Waals surface area (Å²) in [5.41, 5.74) is 6.68. The fourth-order valence-corrected chi connectivity index (χ4v) is 3.16. The fraction of sp³-hybridized carbons (Fsp3) is 0.176. The van der Waals surface area contributed by atoms with Crippen LogP contribution in [0.5, 0.6) is 0 Å². The van der Waals surface area contributed by atoms with Gasteiger partial charge in [0.2, 0.25) is 21.8 Å². The van der Waals surface area contributed by atoms with E-state index in [1.807, 2.05) is 0 Å². The number of halogens is 1. The highest BCUT2D eigenvalue weighted by Crippen LogP contribution is 2.14. The molecule has 0 heterocycles. The molecule has 0 aliphatic carbocycles. The fourth-order valence-electron chi connectivity index (χ4n) is 2.16. The van der Waals surface area contributed by atoms with E-state index in [9.17, 15) is 18.0 Å². The van der Waals surface area contributed by atoms with E-state index in [4.69, 9.17) is 5.73 Å². The molecule has 0 bridgehead atoms. The zero-order valence-electron chi connectivity index (χ0n) is 14.0. The Morgan fingerprint density at radius 2 is 1.65 bits per heavy atom. The molecular formula is C17H18BrN3O4S. The lowest BCUT2D eigenvalue weighted by Gasteiger charge is -2.19. The van der Waals surface area contributed by atoms with E-state index >= 15 is 0 Å². The molecule has 0 atom stereocenters. The van der Waals surface area contributed by atoms with E-state index in [0.717, 1.165) is 20.6 Å². The Morgan fingerprint density at radius 1 is 1.08 bits per heavy atom. The monoisotopic (exact) mass is 439 g/mol. The first-order valence-electron chi connectivity index (χ1n) is 7.54. The molecule has 2 amide bonds. The van der Waals surface area contributed by atoms with Crippen molar-refractivity contribution in [3.63, 3.8) is 0 Å². The minimum Gasteiger partial charge on any atom is -0.366 e. The third-order valence-corrected chi connectivity index (χ3v) is 5.24. The summed E-state index contributed by atoms with van der Waals surface area (Å²) in [6.45, 7) is -0.243. The van der Waals surface area contributed by atoms with E-state index in [1.54, 1.807) is 24.3 Å². The highest BCUT2D eigenvalue weighted by atomic mass is 79.9. The highest BCUT2D eigenvalue weighted by Gasteiger charge is 2.20. The quantitative estimate of drug-likeness (QED) is 0.686. The number of nitrogens with one attached hydrogen (secondary N) is 1. The van der Waals surface area contributed by atoms with Crippen LogP contribution in [-0.4, -0.2) is 37.3 Å². The Bertz CT molecular complexity index is 897. The van der Waals surface area contributed by atoms with Crippen LogP contribution in [-0.2, 0) is 21.4 Å². The van der Waals surface area contributed by atoms with Gasteiger partial charge < -0.3 is 11.1 Å². The predicted molar refractivity (Wildman–Crippen MR) is 103 cm³/mol. The third-order valence-electron chi connectivity index (χ3n) is 3.51. The zero-order valence-corrected chi connectivity index (χ0v) is 16.4. The van der Waals surface area contributed by atoms with Crippen molar-refractivity contribution in [3.05, 3.63) is 64.1 Å². The number of amides is 2. The predicted octanol–water partition coefficient (Wildman–Crippen LogP) is 1.95. The van der Waals surface area contributed by atoms with Crippen LogP contribution in [0.4, 0.5) is 5.69 Å². The lowest BCUT2D eigenvalue weighted by Crippen LogP contribution is -2.36. The third kappa shape index (κ3) is 5.94. The SMILES string of the molecule is CS(=O)(=O)N(CC(=O)Nc1ccc(C(N)=O)cc1)Cc1ccc(Br)cc1. The van der Waals surface area contributed by atoms with Gasteiger partial charge in [0.25, 0.3) is 0 Å². The second-order valence-corrected chi connectivity index (χ2v) is 8.55. The van der Waals surface area contributed by atoms with Crippen LogP contribution in [0.3, 0.4) is 0 Å². The maximum absolute atomic E-state index is 12.2. The second kappa shape index (κ2) is 8.43. The minimum atomic E-state index is -3.58. The Morgan fingerprint density at radius 3 is 2.15 bits per heavy atom. The summed E-state index contributed by atoms with van der Waals surface area (Å²) >= 11 is 3.32. The maximum Gasteiger partial charge on any atom is 0.248 e. The molecule has 0 aromatic heterocycles. The number of sulfonamides is 1. The van der Waals surface area contributed by atoms with Crippen LogP contribution in [0.15, 0.2) is 53.0 Å². The van der Waals surface area contributed by atoms with E-state index in [-0.39, 0.29) is 13.1 Å². The molecule has 2 rings (SSSR count). The topological polar surface area (TPSA) is 110 Å². The molecule has 3 N–H and O–H groups in total. The molecule has 0 unspecified atom stereocenters. The van der Waals surface area contributed by atoms with Crippen LogP contribution in [0.1, 0.15) is 15.9 Å². The molecule has 2 aromatic rings. The van der Waals surface area contributed by atoms with Gasteiger partial charge in [-0.15, -0.1) is 0 Å². The molecule has 26 heavy (non-hydrogen) atoms. The molecular weight excluding hydrogens is 422 g/mol. The molecule has 138 valence electrons. The first-order valence-corrected chi connectivity index (χ1v) is 10.2. The lowest BCUT2D eigenvalue weighted by molar-refractivity contribution is -0.116. The van der Waals surface area contributed by atoms with Gasteiger partial charge in [-0.3, -0.25) is 9.59 Å². The zero-order chi connectivity index (χ0) is 19.3. The average molecular weight is 440 g/mol. The van der Waals surface area contributed by atoms with Crippen molar-refractivity contribution in [2.45, 2.75) is 6.54 Å². The lowest BCUT2D eigenvalue weighted by atomic mass is 10.2. The molecule has 2 aromatic carbocycles. The summed E-state index contributed by atoms with van der Waals surface area (Å²) in [4.78, 5) is 23.3. The number of nitrogens with two attached hydrogens (primary N) is 1. The van der Waals surface area contributed by atoms with Crippen LogP contribution in [0.25, 0.3) is 0 Å². The van der Waals surface area contributed by atoms with Crippen molar-refractivity contribution < 1.29 is 18.0 Å². The molecule has 0 spiro atoms. The number of nitrogens with zero attached hydrogens (tertiary/aromatic N) is 1. The Hall–Kier alpha value is -2.23. The number of carbonyl (C=O) groups excluding carboxylic acids is 2. The minimum absolute atomic E-state index is 0.0835. The van der Waals surface area contributed by atoms with Gasteiger partial charge >= 0.3 is 0 Å². The summed E-state index contributed by atoms with van der Waals surface area (Å²) in [6, 6.07) is 13.2. The van der Waals surface area contributed by atoms with Crippen LogP contribution in [0, 0.1) is 0 Å². The van der Waals surface area contributed by atoms with Gasteiger partial charge in [-0.2, -0.15) is 4.31 Å². The summed E-state index contributed by atoms with van der Waals surface area (Å²) in [6.07, 6.45) is 1.06. The van der Waals surface area contributed by atoms with Gasteiger partial charge in [0.05, 0.1) is 12.8 Å². The molecule has 0 saturated heterocycles. The molecule has 0 aliphatic rings. The van der Waals surface area contributed by atoms with E-state index in [1.165, 1.54) is 24.3 Å². The van der Waals surface area contributed by atoms with E-state index in [2.05, 4.69) is 21.2 Å². The number of rotatable bonds is 7. The normalized spacial score (nSPS) is 11.3. The summed E-state index contributed by atoms with van der Waals surface area (Å²) < 4.78 is 26.0. The molecule has 0 aliphatic heterocycles. The van der Waals surface area contributed by atoms with Gasteiger partial charge in [-0.25, -0.2) is 8.42 Å².